The summed E-state index contributed by atoms with van der Waals surface area (Å²) in [4.78, 5) is 28.8. The van der Waals surface area contributed by atoms with E-state index in [1.807, 2.05) is 36.4 Å². The second-order valence-electron chi connectivity index (χ2n) is 10.4. The summed E-state index contributed by atoms with van der Waals surface area (Å²) >= 11 is 1.11. The lowest BCUT2D eigenvalue weighted by atomic mass is 9.83. The molecule has 1 amide bonds. The number of carbonyl (C=O) groups is 2. The van der Waals surface area contributed by atoms with Crippen molar-refractivity contribution in [2.75, 3.05) is 0 Å². The number of nitrogens with one attached hydrogen (secondary N) is 1. The van der Waals surface area contributed by atoms with Crippen molar-refractivity contribution < 1.29 is 29.3 Å². The molecule has 9 heteroatoms. The zero-order valence-corrected chi connectivity index (χ0v) is 22.6. The molecule has 3 N–H and O–H groups in total. The van der Waals surface area contributed by atoms with Crippen LogP contribution in [0.15, 0.2) is 54.7 Å². The van der Waals surface area contributed by atoms with Crippen molar-refractivity contribution in [2.24, 2.45) is 5.92 Å². The average molecular weight is 551 g/mol. The largest absolute Gasteiger partial charge is 0.485 e. The number of rotatable bonds is 10. The van der Waals surface area contributed by atoms with Crippen LogP contribution in [0.3, 0.4) is 0 Å². The van der Waals surface area contributed by atoms with Crippen molar-refractivity contribution in [3.63, 3.8) is 0 Å². The van der Waals surface area contributed by atoms with Crippen LogP contribution >= 0.6 is 11.3 Å². The summed E-state index contributed by atoms with van der Waals surface area (Å²) in [5.74, 6) is 0.335. The highest BCUT2D eigenvalue weighted by Crippen LogP contribution is 2.38. The first-order valence-electron chi connectivity index (χ1n) is 13.6. The number of thiazole rings is 1. The van der Waals surface area contributed by atoms with Crippen LogP contribution in [0.2, 0.25) is 0 Å². The summed E-state index contributed by atoms with van der Waals surface area (Å²) in [7, 11) is 0. The van der Waals surface area contributed by atoms with Crippen LogP contribution in [0.4, 0.5) is 0 Å². The predicted molar refractivity (Wildman–Crippen MR) is 147 cm³/mol. The number of carboxylic acid groups (broad SMARTS) is 1. The number of aliphatic hydroxyl groups is 1. The van der Waals surface area contributed by atoms with Gasteiger partial charge in [-0.25, -0.2) is 4.98 Å². The fourth-order valence-corrected chi connectivity index (χ4v) is 6.19. The van der Waals surface area contributed by atoms with E-state index in [-0.39, 0.29) is 6.10 Å². The van der Waals surface area contributed by atoms with Gasteiger partial charge in [0.25, 0.3) is 11.1 Å². The van der Waals surface area contributed by atoms with Gasteiger partial charge in [0.2, 0.25) is 0 Å². The molecule has 0 bridgehead atoms. The number of hydrogen-bond donors (Lipinski definition) is 3. The van der Waals surface area contributed by atoms with E-state index in [1.165, 1.54) is 12.6 Å². The standard InChI is InChI=1S/C30H34N2O6S/c33-24(17-28(34)35)23(15-19-7-3-1-4-8-19)32-29(36)27-18-31-30(39-27)37-22-12-14-26-21(16-22)11-13-25(38-26)20-9-5-2-6-10-20/h2,5-6,9-10,12,14,16,18-19,23-25,33H,1,3-4,7-8,11,13,15,17H2,(H,32,36)(H,34,35)/t23-,24-,25?/m0/s1. The molecule has 1 fully saturated rings. The SMILES string of the molecule is O=C(O)C[C@H](O)[C@H](CC1CCCCC1)NC(=O)c1cnc(Oc2ccc3c(c2)CCC(c2ccccc2)O3)s1. The molecule has 5 rings (SSSR count). The first-order chi connectivity index (χ1) is 18.9. The number of hydrogen-bond acceptors (Lipinski definition) is 7. The van der Waals surface area contributed by atoms with Gasteiger partial charge in [0, 0.05) is 0 Å². The molecule has 0 radical (unpaired) electrons. The van der Waals surface area contributed by atoms with Crippen molar-refractivity contribution in [3.05, 3.63) is 70.7 Å². The van der Waals surface area contributed by atoms with E-state index in [0.29, 0.717) is 28.2 Å². The number of carboxylic acids is 1. The number of amides is 1. The smallest absolute Gasteiger partial charge is 0.306 e. The zero-order chi connectivity index (χ0) is 27.2. The van der Waals surface area contributed by atoms with Gasteiger partial charge in [0.15, 0.2) is 0 Å². The van der Waals surface area contributed by atoms with Gasteiger partial charge in [-0.1, -0.05) is 73.8 Å². The van der Waals surface area contributed by atoms with Crippen LogP contribution in [0.25, 0.3) is 0 Å². The van der Waals surface area contributed by atoms with Gasteiger partial charge in [-0.3, -0.25) is 9.59 Å². The fourth-order valence-electron chi connectivity index (χ4n) is 5.50. The second-order valence-corrected chi connectivity index (χ2v) is 11.4. The van der Waals surface area contributed by atoms with E-state index < -0.39 is 30.4 Å². The van der Waals surface area contributed by atoms with Gasteiger partial charge < -0.3 is 25.0 Å². The van der Waals surface area contributed by atoms with E-state index in [0.717, 1.165) is 66.7 Å². The lowest BCUT2D eigenvalue weighted by molar-refractivity contribution is -0.139. The number of ether oxygens (including phenoxy) is 2. The van der Waals surface area contributed by atoms with Crippen LogP contribution in [0.1, 0.15) is 78.3 Å². The molecular formula is C30H34N2O6S. The van der Waals surface area contributed by atoms with Crippen LogP contribution in [0.5, 0.6) is 16.7 Å². The zero-order valence-electron chi connectivity index (χ0n) is 21.8. The molecule has 3 aromatic rings. The molecule has 39 heavy (non-hydrogen) atoms. The minimum absolute atomic E-state index is 0.0291. The number of benzene rings is 2. The van der Waals surface area contributed by atoms with E-state index in [2.05, 4.69) is 22.4 Å². The highest BCUT2D eigenvalue weighted by Gasteiger charge is 2.29. The molecule has 206 valence electrons. The highest BCUT2D eigenvalue weighted by molar-refractivity contribution is 7.15. The Morgan fingerprint density at radius 3 is 2.67 bits per heavy atom. The van der Waals surface area contributed by atoms with Crippen LogP contribution in [-0.2, 0) is 11.2 Å². The number of aromatic nitrogens is 1. The Kier molecular flexibility index (Phi) is 8.78. The Morgan fingerprint density at radius 2 is 1.90 bits per heavy atom. The van der Waals surface area contributed by atoms with Gasteiger partial charge in [0.1, 0.15) is 22.5 Å². The van der Waals surface area contributed by atoms with Gasteiger partial charge in [-0.15, -0.1) is 0 Å². The monoisotopic (exact) mass is 550 g/mol. The lowest BCUT2D eigenvalue weighted by Crippen LogP contribution is -2.45. The van der Waals surface area contributed by atoms with E-state index >= 15 is 0 Å². The topological polar surface area (TPSA) is 118 Å². The van der Waals surface area contributed by atoms with E-state index in [1.54, 1.807) is 0 Å². The molecule has 1 aromatic heterocycles. The normalized spacial score (nSPS) is 18.8. The number of fused-ring (bicyclic) bond motifs is 1. The van der Waals surface area contributed by atoms with Gasteiger partial charge in [-0.2, -0.15) is 0 Å². The number of aliphatic carboxylic acids is 1. The third-order valence-corrected chi connectivity index (χ3v) is 8.41. The summed E-state index contributed by atoms with van der Waals surface area (Å²) in [5, 5.41) is 22.9. The molecule has 1 aliphatic carbocycles. The Hall–Kier alpha value is -3.43. The Morgan fingerprint density at radius 1 is 1.10 bits per heavy atom. The molecule has 1 aliphatic heterocycles. The maximum absolute atomic E-state index is 13.0. The summed E-state index contributed by atoms with van der Waals surface area (Å²) in [6, 6.07) is 15.2. The minimum Gasteiger partial charge on any atom is -0.485 e. The Bertz CT molecular complexity index is 1270. The van der Waals surface area contributed by atoms with Crippen molar-refractivity contribution in [3.8, 4) is 16.7 Å². The number of aliphatic hydroxyl groups excluding tert-OH is 1. The third kappa shape index (κ3) is 7.16. The first-order valence-corrected chi connectivity index (χ1v) is 14.4. The summed E-state index contributed by atoms with van der Waals surface area (Å²) in [6.45, 7) is 0. The van der Waals surface area contributed by atoms with Crippen LogP contribution in [-0.4, -0.2) is 39.2 Å². The second kappa shape index (κ2) is 12.6. The number of carbonyl (C=O) groups excluding carboxylic acids is 1. The molecule has 3 atom stereocenters. The predicted octanol–water partition coefficient (Wildman–Crippen LogP) is 5.91. The Balaban J connectivity index is 1.21. The molecule has 2 aliphatic rings. The van der Waals surface area contributed by atoms with Gasteiger partial charge >= 0.3 is 5.97 Å². The average Bonchev–Trinajstić information content (AvgIpc) is 3.41. The molecule has 1 saturated carbocycles. The summed E-state index contributed by atoms with van der Waals surface area (Å²) in [5.41, 5.74) is 2.22. The lowest BCUT2D eigenvalue weighted by Gasteiger charge is -2.29. The van der Waals surface area contributed by atoms with Crippen LogP contribution in [0, 0.1) is 5.92 Å². The van der Waals surface area contributed by atoms with E-state index in [9.17, 15) is 14.7 Å². The molecular weight excluding hydrogens is 516 g/mol. The molecule has 0 saturated heterocycles. The van der Waals surface area contributed by atoms with Crippen molar-refractivity contribution in [1.82, 2.24) is 10.3 Å². The first kappa shape index (κ1) is 27.1. The van der Waals surface area contributed by atoms with Gasteiger partial charge in [-0.05, 0) is 54.5 Å². The van der Waals surface area contributed by atoms with Gasteiger partial charge in [0.05, 0.1) is 24.8 Å². The van der Waals surface area contributed by atoms with Crippen molar-refractivity contribution >= 4 is 23.2 Å². The molecule has 0 spiro atoms. The quantitative estimate of drug-likeness (QED) is 0.287. The molecule has 2 heterocycles. The third-order valence-electron chi connectivity index (χ3n) is 7.54. The molecule has 1 unspecified atom stereocenters. The van der Waals surface area contributed by atoms with Crippen molar-refractivity contribution in [2.45, 2.75) is 76.0 Å². The van der Waals surface area contributed by atoms with E-state index in [4.69, 9.17) is 14.6 Å². The number of nitrogens with zero attached hydrogens (tertiary/aromatic N) is 1. The molecule has 8 nitrogen and oxygen atoms in total. The maximum Gasteiger partial charge on any atom is 0.306 e. The minimum atomic E-state index is -1.16. The summed E-state index contributed by atoms with van der Waals surface area (Å²) < 4.78 is 12.2. The maximum atomic E-state index is 13.0. The summed E-state index contributed by atoms with van der Waals surface area (Å²) in [6.07, 6.45) is 7.70. The number of aryl methyl sites for hydroxylation is 1. The fraction of sp³-hybridized carbons (Fsp3) is 0.433. The van der Waals surface area contributed by atoms with Crippen LogP contribution < -0.4 is 14.8 Å². The highest BCUT2D eigenvalue weighted by atomic mass is 32.1. The molecule has 2 aromatic carbocycles. The van der Waals surface area contributed by atoms with Crippen molar-refractivity contribution in [1.29, 1.82) is 0 Å². The Labute approximate surface area is 232 Å².